The lowest BCUT2D eigenvalue weighted by Gasteiger charge is -2.33. The van der Waals surface area contributed by atoms with Crippen LogP contribution in [0.1, 0.15) is 33.1 Å². The third kappa shape index (κ3) is 2.99. The molecule has 1 saturated carbocycles. The summed E-state index contributed by atoms with van der Waals surface area (Å²) in [7, 11) is 1.85. The van der Waals surface area contributed by atoms with Crippen LogP contribution in [0.5, 0.6) is 0 Å². The van der Waals surface area contributed by atoms with Gasteiger partial charge in [-0.15, -0.1) is 0 Å². The molecule has 4 heteroatoms. The van der Waals surface area contributed by atoms with Crippen molar-refractivity contribution in [2.24, 2.45) is 5.92 Å². The number of rotatable bonds is 5. The Labute approximate surface area is 104 Å². The Bertz CT molecular complexity index is 281. The highest BCUT2D eigenvalue weighted by molar-refractivity contribution is 5.86. The van der Waals surface area contributed by atoms with Gasteiger partial charge in [-0.1, -0.05) is 0 Å². The Morgan fingerprint density at radius 2 is 2.12 bits per heavy atom. The molecular formula is C13H24N2O2. The van der Waals surface area contributed by atoms with Crippen LogP contribution in [0.3, 0.4) is 0 Å². The van der Waals surface area contributed by atoms with E-state index in [1.165, 1.54) is 12.8 Å². The molecule has 1 saturated heterocycles. The maximum atomic E-state index is 12.5. The number of amides is 1. The fourth-order valence-electron chi connectivity index (χ4n) is 2.26. The van der Waals surface area contributed by atoms with Crippen molar-refractivity contribution < 1.29 is 9.53 Å². The van der Waals surface area contributed by atoms with Gasteiger partial charge in [0, 0.05) is 25.1 Å². The summed E-state index contributed by atoms with van der Waals surface area (Å²) < 4.78 is 5.40. The average Bonchev–Trinajstić information content (AvgIpc) is 3.03. The summed E-state index contributed by atoms with van der Waals surface area (Å²) in [6.07, 6.45) is 3.43. The molecule has 17 heavy (non-hydrogen) atoms. The van der Waals surface area contributed by atoms with E-state index >= 15 is 0 Å². The number of ether oxygens (including phenoxy) is 1. The van der Waals surface area contributed by atoms with Crippen molar-refractivity contribution in [3.63, 3.8) is 0 Å². The highest BCUT2D eigenvalue weighted by Gasteiger charge is 2.40. The van der Waals surface area contributed by atoms with E-state index in [-0.39, 0.29) is 5.91 Å². The zero-order valence-electron chi connectivity index (χ0n) is 11.2. The van der Waals surface area contributed by atoms with Crippen molar-refractivity contribution in [3.05, 3.63) is 0 Å². The Morgan fingerprint density at radius 1 is 1.41 bits per heavy atom. The predicted molar refractivity (Wildman–Crippen MR) is 66.8 cm³/mol. The summed E-state index contributed by atoms with van der Waals surface area (Å²) in [6, 6.07) is 0.482. The highest BCUT2D eigenvalue weighted by atomic mass is 16.5. The SMILES string of the molecule is CNC(C)(C)C(=O)N(CC1CCOC1)C1CC1. The fourth-order valence-corrected chi connectivity index (χ4v) is 2.26. The van der Waals surface area contributed by atoms with Gasteiger partial charge in [0.1, 0.15) is 0 Å². The van der Waals surface area contributed by atoms with E-state index in [0.29, 0.717) is 12.0 Å². The van der Waals surface area contributed by atoms with Crippen LogP contribution in [0.25, 0.3) is 0 Å². The van der Waals surface area contributed by atoms with Gasteiger partial charge in [0.25, 0.3) is 0 Å². The molecule has 1 aliphatic carbocycles. The van der Waals surface area contributed by atoms with Crippen LogP contribution in [0.2, 0.25) is 0 Å². The normalized spacial score (nSPS) is 25.0. The molecule has 1 heterocycles. The van der Waals surface area contributed by atoms with Crippen molar-refractivity contribution in [1.82, 2.24) is 10.2 Å². The minimum atomic E-state index is -0.456. The first-order chi connectivity index (χ1) is 8.04. The number of likely N-dealkylation sites (N-methyl/N-ethyl adjacent to an activating group) is 1. The zero-order valence-corrected chi connectivity index (χ0v) is 11.2. The second-order valence-electron chi connectivity index (χ2n) is 5.79. The monoisotopic (exact) mass is 240 g/mol. The van der Waals surface area contributed by atoms with Crippen molar-refractivity contribution in [2.75, 3.05) is 26.8 Å². The zero-order chi connectivity index (χ0) is 12.5. The van der Waals surface area contributed by atoms with E-state index in [1.807, 2.05) is 20.9 Å². The maximum absolute atomic E-state index is 12.5. The molecule has 0 bridgehead atoms. The molecule has 1 N–H and O–H groups in total. The quantitative estimate of drug-likeness (QED) is 0.780. The van der Waals surface area contributed by atoms with E-state index in [2.05, 4.69) is 10.2 Å². The number of hydrogen-bond acceptors (Lipinski definition) is 3. The Balaban J connectivity index is 1.98. The van der Waals surface area contributed by atoms with E-state index in [9.17, 15) is 4.79 Å². The van der Waals surface area contributed by atoms with Crippen LogP contribution in [-0.4, -0.2) is 49.2 Å². The molecular weight excluding hydrogens is 216 g/mol. The molecule has 1 atom stereocenters. The van der Waals surface area contributed by atoms with Gasteiger partial charge in [0.2, 0.25) is 5.91 Å². The number of carbonyl (C=O) groups is 1. The van der Waals surface area contributed by atoms with Gasteiger partial charge in [0.15, 0.2) is 0 Å². The lowest BCUT2D eigenvalue weighted by molar-refractivity contribution is -0.138. The van der Waals surface area contributed by atoms with Gasteiger partial charge in [0.05, 0.1) is 12.1 Å². The Morgan fingerprint density at radius 3 is 2.59 bits per heavy atom. The molecule has 1 amide bonds. The van der Waals surface area contributed by atoms with E-state index in [1.54, 1.807) is 0 Å². The Kier molecular flexibility index (Phi) is 3.73. The first-order valence-corrected chi connectivity index (χ1v) is 6.62. The molecule has 0 aromatic rings. The summed E-state index contributed by atoms with van der Waals surface area (Å²) in [5.74, 6) is 0.765. The molecule has 0 aromatic heterocycles. The minimum absolute atomic E-state index is 0.231. The first kappa shape index (κ1) is 12.8. The van der Waals surface area contributed by atoms with Gasteiger partial charge >= 0.3 is 0 Å². The smallest absolute Gasteiger partial charge is 0.242 e. The van der Waals surface area contributed by atoms with Gasteiger partial charge in [-0.2, -0.15) is 0 Å². The number of hydrogen-bond donors (Lipinski definition) is 1. The predicted octanol–water partition coefficient (Wildman–Crippen LogP) is 1.01. The first-order valence-electron chi connectivity index (χ1n) is 6.62. The molecule has 0 radical (unpaired) electrons. The van der Waals surface area contributed by atoms with Gasteiger partial charge in [-0.05, 0) is 40.2 Å². The summed E-state index contributed by atoms with van der Waals surface area (Å²) in [6.45, 7) is 6.45. The van der Waals surface area contributed by atoms with Gasteiger partial charge < -0.3 is 15.0 Å². The summed E-state index contributed by atoms with van der Waals surface area (Å²) in [4.78, 5) is 14.6. The summed E-state index contributed by atoms with van der Waals surface area (Å²) in [5.41, 5.74) is -0.456. The van der Waals surface area contributed by atoms with Gasteiger partial charge in [-0.3, -0.25) is 4.79 Å². The third-order valence-corrected chi connectivity index (χ3v) is 3.89. The van der Waals surface area contributed by atoms with Crippen molar-refractivity contribution in [1.29, 1.82) is 0 Å². The fraction of sp³-hybridized carbons (Fsp3) is 0.923. The molecule has 98 valence electrons. The standard InChI is InChI=1S/C13H24N2O2/c1-13(2,14-3)12(16)15(11-4-5-11)8-10-6-7-17-9-10/h10-11,14H,4-9H2,1-3H3. The van der Waals surface area contributed by atoms with Crippen molar-refractivity contribution >= 4 is 5.91 Å². The van der Waals surface area contributed by atoms with Crippen LogP contribution in [0.15, 0.2) is 0 Å². The molecule has 1 unspecified atom stereocenters. The summed E-state index contributed by atoms with van der Waals surface area (Å²) in [5, 5.41) is 3.11. The van der Waals surface area contributed by atoms with Crippen LogP contribution in [0.4, 0.5) is 0 Å². The number of nitrogens with zero attached hydrogens (tertiary/aromatic N) is 1. The molecule has 2 rings (SSSR count). The summed E-state index contributed by atoms with van der Waals surface area (Å²) >= 11 is 0. The topological polar surface area (TPSA) is 41.6 Å². The van der Waals surface area contributed by atoms with Crippen LogP contribution >= 0.6 is 0 Å². The largest absolute Gasteiger partial charge is 0.381 e. The molecule has 0 spiro atoms. The van der Waals surface area contributed by atoms with Crippen LogP contribution in [-0.2, 0) is 9.53 Å². The number of nitrogens with one attached hydrogen (secondary N) is 1. The second-order valence-corrected chi connectivity index (χ2v) is 5.79. The molecule has 0 aromatic carbocycles. The average molecular weight is 240 g/mol. The van der Waals surface area contributed by atoms with E-state index in [0.717, 1.165) is 26.2 Å². The van der Waals surface area contributed by atoms with Crippen molar-refractivity contribution in [3.8, 4) is 0 Å². The highest BCUT2D eigenvalue weighted by Crippen LogP contribution is 2.30. The van der Waals surface area contributed by atoms with Crippen LogP contribution in [0, 0.1) is 5.92 Å². The van der Waals surface area contributed by atoms with E-state index < -0.39 is 5.54 Å². The molecule has 2 aliphatic rings. The second kappa shape index (κ2) is 4.94. The van der Waals surface area contributed by atoms with E-state index in [4.69, 9.17) is 4.74 Å². The lowest BCUT2D eigenvalue weighted by Crippen LogP contribution is -2.54. The van der Waals surface area contributed by atoms with Gasteiger partial charge in [-0.25, -0.2) is 0 Å². The maximum Gasteiger partial charge on any atom is 0.242 e. The molecule has 4 nitrogen and oxygen atoms in total. The van der Waals surface area contributed by atoms with Crippen LogP contribution < -0.4 is 5.32 Å². The third-order valence-electron chi connectivity index (χ3n) is 3.89. The minimum Gasteiger partial charge on any atom is -0.381 e. The lowest BCUT2D eigenvalue weighted by atomic mass is 10.0. The Hall–Kier alpha value is -0.610. The molecule has 1 aliphatic heterocycles. The number of carbonyl (C=O) groups excluding carboxylic acids is 1. The molecule has 2 fully saturated rings. The van der Waals surface area contributed by atoms with Crippen molar-refractivity contribution in [2.45, 2.75) is 44.7 Å².